The van der Waals surface area contributed by atoms with Crippen molar-refractivity contribution in [1.82, 2.24) is 9.80 Å². The Balaban J connectivity index is 1.79. The quantitative estimate of drug-likeness (QED) is 0.895. The molecular formula is C16H23BrN2O2. The van der Waals surface area contributed by atoms with Gasteiger partial charge < -0.3 is 14.7 Å². The summed E-state index contributed by atoms with van der Waals surface area (Å²) in [6, 6.07) is 4.72. The van der Waals surface area contributed by atoms with Gasteiger partial charge in [0.25, 0.3) is 0 Å². The van der Waals surface area contributed by atoms with Gasteiger partial charge >= 0.3 is 0 Å². The van der Waals surface area contributed by atoms with E-state index in [0.29, 0.717) is 6.04 Å². The Morgan fingerprint density at radius 1 is 1.43 bits per heavy atom. The number of halogens is 1. The van der Waals surface area contributed by atoms with E-state index in [0.717, 1.165) is 49.3 Å². The molecule has 0 radical (unpaired) electrons. The number of β-amino-alcohol motifs (C(OH)–C–C–N with tert-alkyl or cyclic N) is 1. The first-order valence-corrected chi connectivity index (χ1v) is 8.33. The van der Waals surface area contributed by atoms with E-state index in [4.69, 9.17) is 4.74 Å². The van der Waals surface area contributed by atoms with Gasteiger partial charge in [0.15, 0.2) is 0 Å². The van der Waals surface area contributed by atoms with Crippen LogP contribution >= 0.6 is 15.9 Å². The van der Waals surface area contributed by atoms with Gasteiger partial charge in [-0.15, -0.1) is 0 Å². The van der Waals surface area contributed by atoms with Gasteiger partial charge in [0.05, 0.1) is 12.7 Å². The van der Waals surface area contributed by atoms with Gasteiger partial charge in [-0.2, -0.15) is 0 Å². The standard InChI is InChI=1S/C16H23BrN2O2/c1-18(2)9-14-7-15(20)10-19(14)8-12-6-13(17)5-11-3-4-21-16(11)12/h5-6,14-15,20H,3-4,7-10H2,1-2H3. The van der Waals surface area contributed by atoms with Gasteiger partial charge in [0.2, 0.25) is 0 Å². The first-order valence-electron chi connectivity index (χ1n) is 7.54. The van der Waals surface area contributed by atoms with E-state index >= 15 is 0 Å². The molecule has 2 aliphatic rings. The second-order valence-electron chi connectivity index (χ2n) is 6.39. The van der Waals surface area contributed by atoms with E-state index in [2.05, 4.69) is 52.0 Å². The number of fused-ring (bicyclic) bond motifs is 1. The number of hydrogen-bond acceptors (Lipinski definition) is 4. The van der Waals surface area contributed by atoms with Crippen molar-refractivity contribution in [3.8, 4) is 5.75 Å². The van der Waals surface area contributed by atoms with Gasteiger partial charge in [-0.1, -0.05) is 15.9 Å². The molecule has 116 valence electrons. The Hall–Kier alpha value is -0.620. The molecule has 5 heteroatoms. The lowest BCUT2D eigenvalue weighted by molar-refractivity contribution is 0.168. The monoisotopic (exact) mass is 354 g/mol. The van der Waals surface area contributed by atoms with Crippen LogP contribution in [0.3, 0.4) is 0 Å². The van der Waals surface area contributed by atoms with E-state index in [1.807, 2.05) is 0 Å². The summed E-state index contributed by atoms with van der Waals surface area (Å²) in [6.07, 6.45) is 1.64. The number of likely N-dealkylation sites (N-methyl/N-ethyl adjacent to an activating group) is 1. The smallest absolute Gasteiger partial charge is 0.127 e. The van der Waals surface area contributed by atoms with Crippen molar-refractivity contribution in [3.63, 3.8) is 0 Å². The molecule has 1 aromatic carbocycles. The van der Waals surface area contributed by atoms with Crippen molar-refractivity contribution < 1.29 is 9.84 Å². The van der Waals surface area contributed by atoms with Crippen LogP contribution in [-0.4, -0.2) is 60.8 Å². The number of likely N-dealkylation sites (tertiary alicyclic amines) is 1. The van der Waals surface area contributed by atoms with Crippen molar-refractivity contribution in [3.05, 3.63) is 27.7 Å². The molecule has 0 saturated carbocycles. The van der Waals surface area contributed by atoms with Crippen molar-refractivity contribution in [2.45, 2.75) is 31.5 Å². The highest BCUT2D eigenvalue weighted by molar-refractivity contribution is 9.10. The van der Waals surface area contributed by atoms with Crippen LogP contribution in [0.15, 0.2) is 16.6 Å². The summed E-state index contributed by atoms with van der Waals surface area (Å²) >= 11 is 3.60. The maximum absolute atomic E-state index is 10.0. The minimum absolute atomic E-state index is 0.212. The number of benzene rings is 1. The topological polar surface area (TPSA) is 35.9 Å². The summed E-state index contributed by atoms with van der Waals surface area (Å²) in [5, 5.41) is 10.0. The zero-order chi connectivity index (χ0) is 15.0. The normalized spacial score (nSPS) is 25.4. The molecule has 2 unspecified atom stereocenters. The number of aliphatic hydroxyl groups excluding tert-OH is 1. The molecule has 0 aliphatic carbocycles. The Bertz CT molecular complexity index is 521. The number of ether oxygens (including phenoxy) is 1. The van der Waals surface area contributed by atoms with Crippen molar-refractivity contribution >= 4 is 15.9 Å². The molecular weight excluding hydrogens is 332 g/mol. The zero-order valence-electron chi connectivity index (χ0n) is 12.7. The molecule has 3 rings (SSSR count). The molecule has 0 aromatic heterocycles. The van der Waals surface area contributed by atoms with Crippen molar-refractivity contribution in [2.24, 2.45) is 0 Å². The Morgan fingerprint density at radius 3 is 3.00 bits per heavy atom. The SMILES string of the molecule is CN(C)CC1CC(O)CN1Cc1cc(Br)cc2c1OCC2. The van der Waals surface area contributed by atoms with E-state index in [1.165, 1.54) is 11.1 Å². The van der Waals surface area contributed by atoms with Crippen LogP contribution in [0.25, 0.3) is 0 Å². The highest BCUT2D eigenvalue weighted by Gasteiger charge is 2.32. The number of aliphatic hydroxyl groups is 1. The van der Waals surface area contributed by atoms with E-state index in [1.54, 1.807) is 0 Å². The third-order valence-electron chi connectivity index (χ3n) is 4.28. The summed E-state index contributed by atoms with van der Waals surface area (Å²) in [4.78, 5) is 4.58. The fourth-order valence-corrected chi connectivity index (χ4v) is 4.00. The average Bonchev–Trinajstić information content (AvgIpc) is 2.96. The van der Waals surface area contributed by atoms with Crippen LogP contribution in [0.1, 0.15) is 17.5 Å². The van der Waals surface area contributed by atoms with E-state index < -0.39 is 0 Å². The second-order valence-corrected chi connectivity index (χ2v) is 7.30. The maximum atomic E-state index is 10.0. The molecule has 0 amide bonds. The van der Waals surface area contributed by atoms with Gasteiger partial charge in [-0.3, -0.25) is 4.90 Å². The molecule has 2 aliphatic heterocycles. The summed E-state index contributed by atoms with van der Waals surface area (Å²) in [5.41, 5.74) is 2.53. The first-order chi connectivity index (χ1) is 10.0. The third kappa shape index (κ3) is 3.42. The summed E-state index contributed by atoms with van der Waals surface area (Å²) in [5.74, 6) is 1.06. The molecule has 0 spiro atoms. The number of rotatable bonds is 4. The van der Waals surface area contributed by atoms with Gasteiger partial charge in [-0.25, -0.2) is 0 Å². The van der Waals surface area contributed by atoms with Crippen LogP contribution in [0.2, 0.25) is 0 Å². The predicted molar refractivity (Wildman–Crippen MR) is 86.7 cm³/mol. The molecule has 1 aromatic rings. The fourth-order valence-electron chi connectivity index (χ4n) is 3.44. The van der Waals surface area contributed by atoms with Gasteiger partial charge in [0.1, 0.15) is 5.75 Å². The largest absolute Gasteiger partial charge is 0.493 e. The Morgan fingerprint density at radius 2 is 2.24 bits per heavy atom. The lowest BCUT2D eigenvalue weighted by Crippen LogP contribution is -2.37. The van der Waals surface area contributed by atoms with Crippen LogP contribution in [0.5, 0.6) is 5.75 Å². The summed E-state index contributed by atoms with van der Waals surface area (Å²) in [7, 11) is 4.17. The van der Waals surface area contributed by atoms with E-state index in [-0.39, 0.29) is 6.10 Å². The third-order valence-corrected chi connectivity index (χ3v) is 4.74. The molecule has 1 saturated heterocycles. The molecule has 2 atom stereocenters. The van der Waals surface area contributed by atoms with Crippen molar-refractivity contribution in [2.75, 3.05) is 33.8 Å². The zero-order valence-corrected chi connectivity index (χ0v) is 14.3. The van der Waals surface area contributed by atoms with Crippen molar-refractivity contribution in [1.29, 1.82) is 0 Å². The first kappa shape index (κ1) is 15.3. The maximum Gasteiger partial charge on any atom is 0.127 e. The summed E-state index contributed by atoms with van der Waals surface area (Å²) in [6.45, 7) is 3.35. The summed E-state index contributed by atoms with van der Waals surface area (Å²) < 4.78 is 6.93. The van der Waals surface area contributed by atoms with Gasteiger partial charge in [0, 0.05) is 42.1 Å². The van der Waals surface area contributed by atoms with Gasteiger partial charge in [-0.05, 0) is 38.2 Å². The predicted octanol–water partition coefficient (Wildman–Crippen LogP) is 1.88. The lowest BCUT2D eigenvalue weighted by Gasteiger charge is -2.27. The molecule has 1 fully saturated rings. The minimum Gasteiger partial charge on any atom is -0.493 e. The van der Waals surface area contributed by atoms with Crippen LogP contribution < -0.4 is 4.74 Å². The highest BCUT2D eigenvalue weighted by Crippen LogP contribution is 2.35. The Labute approximate surface area is 134 Å². The Kier molecular flexibility index (Phi) is 4.54. The van der Waals surface area contributed by atoms with Crippen LogP contribution in [0.4, 0.5) is 0 Å². The molecule has 21 heavy (non-hydrogen) atoms. The minimum atomic E-state index is -0.212. The molecule has 0 bridgehead atoms. The lowest BCUT2D eigenvalue weighted by atomic mass is 10.1. The molecule has 1 N–H and O–H groups in total. The van der Waals surface area contributed by atoms with Crippen LogP contribution in [-0.2, 0) is 13.0 Å². The molecule has 2 heterocycles. The van der Waals surface area contributed by atoms with Crippen LogP contribution in [0, 0.1) is 0 Å². The fraction of sp³-hybridized carbons (Fsp3) is 0.625. The average molecular weight is 355 g/mol. The highest BCUT2D eigenvalue weighted by atomic mass is 79.9. The number of hydrogen-bond donors (Lipinski definition) is 1. The number of nitrogens with zero attached hydrogens (tertiary/aromatic N) is 2. The second kappa shape index (κ2) is 6.24. The van der Waals surface area contributed by atoms with E-state index in [9.17, 15) is 5.11 Å². The molecule has 4 nitrogen and oxygen atoms in total.